The zero-order valence-corrected chi connectivity index (χ0v) is 20.7. The molecule has 0 saturated carbocycles. The van der Waals surface area contributed by atoms with Gasteiger partial charge < -0.3 is 24.8 Å². The molecular formula is C30H34N2O4. The lowest BCUT2D eigenvalue weighted by atomic mass is 10.00. The number of phenolic OH excluding ortho intramolecular Hbond substituents is 1. The fourth-order valence-electron chi connectivity index (χ4n) is 4.43. The van der Waals surface area contributed by atoms with E-state index < -0.39 is 0 Å². The molecule has 1 aliphatic rings. The number of hydrogen-bond acceptors (Lipinski definition) is 5. The van der Waals surface area contributed by atoms with Crippen LogP contribution in [0.15, 0.2) is 84.9 Å². The Morgan fingerprint density at radius 1 is 1.03 bits per heavy atom. The zero-order valence-electron chi connectivity index (χ0n) is 20.7. The Kier molecular flexibility index (Phi) is 9.14. The van der Waals surface area contributed by atoms with E-state index in [1.165, 1.54) is 24.3 Å². The van der Waals surface area contributed by atoms with Gasteiger partial charge in [-0.25, -0.2) is 0 Å². The first kappa shape index (κ1) is 25.5. The fourth-order valence-corrected chi connectivity index (χ4v) is 4.43. The van der Waals surface area contributed by atoms with Crippen LogP contribution in [0.5, 0.6) is 11.5 Å². The molecule has 1 amide bonds. The molecule has 6 heteroatoms. The van der Waals surface area contributed by atoms with Gasteiger partial charge in [-0.05, 0) is 47.7 Å². The van der Waals surface area contributed by atoms with Crippen LogP contribution >= 0.6 is 0 Å². The highest BCUT2D eigenvalue weighted by Crippen LogP contribution is 2.30. The largest absolute Gasteiger partial charge is 0.504 e. The van der Waals surface area contributed by atoms with Crippen molar-refractivity contribution < 1.29 is 19.4 Å². The number of benzene rings is 3. The van der Waals surface area contributed by atoms with Crippen molar-refractivity contribution in [2.24, 2.45) is 0 Å². The van der Waals surface area contributed by atoms with Crippen molar-refractivity contribution in [3.8, 4) is 11.5 Å². The fraction of sp³-hybridized carbons (Fsp3) is 0.300. The molecule has 0 spiro atoms. The SMILES string of the molecule is COc1cc(C=CC(=O)NCCN2CCC(OC(c3ccccc3)c3ccccc3)CC2)ccc1O. The Labute approximate surface area is 213 Å². The molecule has 2 N–H and O–H groups in total. The Morgan fingerprint density at radius 2 is 1.67 bits per heavy atom. The van der Waals surface area contributed by atoms with Crippen LogP contribution in [0.3, 0.4) is 0 Å². The Balaban J connectivity index is 1.21. The third kappa shape index (κ3) is 7.20. The summed E-state index contributed by atoms with van der Waals surface area (Å²) in [5, 5.41) is 12.6. The van der Waals surface area contributed by atoms with Crippen molar-refractivity contribution >= 4 is 12.0 Å². The van der Waals surface area contributed by atoms with E-state index in [1.807, 2.05) is 12.1 Å². The van der Waals surface area contributed by atoms with Crippen LogP contribution in [0.1, 0.15) is 35.6 Å². The van der Waals surface area contributed by atoms with Gasteiger partial charge in [0.1, 0.15) is 6.10 Å². The lowest BCUT2D eigenvalue weighted by Crippen LogP contribution is -2.41. The monoisotopic (exact) mass is 486 g/mol. The van der Waals surface area contributed by atoms with E-state index in [0.717, 1.165) is 38.0 Å². The number of phenols is 1. The van der Waals surface area contributed by atoms with E-state index in [0.29, 0.717) is 12.3 Å². The Morgan fingerprint density at radius 3 is 2.28 bits per heavy atom. The number of hydrogen-bond donors (Lipinski definition) is 2. The van der Waals surface area contributed by atoms with Crippen LogP contribution in [0.25, 0.3) is 6.08 Å². The second-order valence-electron chi connectivity index (χ2n) is 8.93. The molecular weight excluding hydrogens is 452 g/mol. The molecule has 1 aliphatic heterocycles. The van der Waals surface area contributed by atoms with Crippen LogP contribution in [0.2, 0.25) is 0 Å². The van der Waals surface area contributed by atoms with Crippen LogP contribution in [-0.2, 0) is 9.53 Å². The molecule has 188 valence electrons. The summed E-state index contributed by atoms with van der Waals surface area (Å²) >= 11 is 0. The summed E-state index contributed by atoms with van der Waals surface area (Å²) in [6.07, 6.45) is 5.27. The minimum absolute atomic E-state index is 0.0661. The summed E-state index contributed by atoms with van der Waals surface area (Å²) in [5.74, 6) is 0.307. The summed E-state index contributed by atoms with van der Waals surface area (Å²) in [4.78, 5) is 14.6. The summed E-state index contributed by atoms with van der Waals surface area (Å²) in [7, 11) is 1.50. The van der Waals surface area contributed by atoms with E-state index in [4.69, 9.17) is 9.47 Å². The highest BCUT2D eigenvalue weighted by Gasteiger charge is 2.24. The van der Waals surface area contributed by atoms with E-state index in [2.05, 4.69) is 58.7 Å². The quantitative estimate of drug-likeness (QED) is 0.403. The maximum atomic E-state index is 12.2. The van der Waals surface area contributed by atoms with Gasteiger partial charge >= 0.3 is 0 Å². The van der Waals surface area contributed by atoms with Crippen molar-refractivity contribution in [3.63, 3.8) is 0 Å². The van der Waals surface area contributed by atoms with Gasteiger partial charge in [0.05, 0.1) is 13.2 Å². The van der Waals surface area contributed by atoms with Crippen LogP contribution in [0.4, 0.5) is 0 Å². The number of ether oxygens (including phenoxy) is 2. The van der Waals surface area contributed by atoms with Crippen LogP contribution in [0, 0.1) is 0 Å². The number of methoxy groups -OCH3 is 1. The molecule has 6 nitrogen and oxygen atoms in total. The molecule has 4 rings (SSSR count). The first-order chi connectivity index (χ1) is 17.6. The number of nitrogens with one attached hydrogen (secondary N) is 1. The third-order valence-corrected chi connectivity index (χ3v) is 6.43. The standard InChI is InChI=1S/C30H34N2O4/c1-35-28-22-23(12-14-27(28)33)13-15-29(34)31-18-21-32-19-16-26(17-20-32)36-30(24-8-4-2-5-9-24)25-10-6-3-7-11-25/h2-15,22,26,30,33H,16-21H2,1H3,(H,31,34). The lowest BCUT2D eigenvalue weighted by Gasteiger charge is -2.34. The number of amides is 1. The van der Waals surface area contributed by atoms with Crippen molar-refractivity contribution in [3.05, 3.63) is 102 Å². The van der Waals surface area contributed by atoms with Crippen molar-refractivity contribution in [1.29, 1.82) is 0 Å². The summed E-state index contributed by atoms with van der Waals surface area (Å²) in [5.41, 5.74) is 3.13. The number of carbonyl (C=O) groups is 1. The van der Waals surface area contributed by atoms with Crippen molar-refractivity contribution in [2.45, 2.75) is 25.0 Å². The van der Waals surface area contributed by atoms with Crippen molar-refractivity contribution in [1.82, 2.24) is 10.2 Å². The van der Waals surface area contributed by atoms with E-state index in [9.17, 15) is 9.90 Å². The number of carbonyl (C=O) groups excluding carboxylic acids is 1. The summed E-state index contributed by atoms with van der Waals surface area (Å²) in [6, 6.07) is 25.8. The minimum Gasteiger partial charge on any atom is -0.504 e. The number of aromatic hydroxyl groups is 1. The van der Waals surface area contributed by atoms with Gasteiger partial charge in [0.25, 0.3) is 0 Å². The highest BCUT2D eigenvalue weighted by molar-refractivity contribution is 5.91. The topological polar surface area (TPSA) is 71.0 Å². The van der Waals surface area contributed by atoms with Crippen LogP contribution in [-0.4, -0.2) is 55.3 Å². The average molecular weight is 487 g/mol. The lowest BCUT2D eigenvalue weighted by molar-refractivity contribution is -0.116. The molecule has 0 aromatic heterocycles. The van der Waals surface area contributed by atoms with E-state index >= 15 is 0 Å². The summed E-state index contributed by atoms with van der Waals surface area (Å²) < 4.78 is 11.7. The average Bonchev–Trinajstić information content (AvgIpc) is 2.93. The molecule has 0 unspecified atom stereocenters. The maximum Gasteiger partial charge on any atom is 0.244 e. The minimum atomic E-state index is -0.145. The van der Waals surface area contributed by atoms with E-state index in [1.54, 1.807) is 24.3 Å². The van der Waals surface area contributed by atoms with Crippen LogP contribution < -0.4 is 10.1 Å². The molecule has 0 atom stereocenters. The van der Waals surface area contributed by atoms with Gasteiger partial charge in [0.2, 0.25) is 5.91 Å². The van der Waals surface area contributed by atoms with Gasteiger partial charge in [-0.2, -0.15) is 0 Å². The van der Waals surface area contributed by atoms with Gasteiger partial charge in [0, 0.05) is 32.3 Å². The number of nitrogens with zero attached hydrogens (tertiary/aromatic N) is 1. The molecule has 1 fully saturated rings. The molecule has 3 aromatic rings. The summed E-state index contributed by atoms with van der Waals surface area (Å²) in [6.45, 7) is 3.28. The molecule has 0 bridgehead atoms. The number of rotatable bonds is 10. The Bertz CT molecular complexity index is 1090. The zero-order chi connectivity index (χ0) is 25.2. The molecule has 36 heavy (non-hydrogen) atoms. The molecule has 1 saturated heterocycles. The highest BCUT2D eigenvalue weighted by atomic mass is 16.5. The molecule has 0 radical (unpaired) electrons. The van der Waals surface area contributed by atoms with E-state index in [-0.39, 0.29) is 23.9 Å². The second-order valence-corrected chi connectivity index (χ2v) is 8.93. The predicted molar refractivity (Wildman–Crippen MR) is 142 cm³/mol. The molecule has 3 aromatic carbocycles. The first-order valence-corrected chi connectivity index (χ1v) is 12.4. The normalized spacial score (nSPS) is 14.8. The predicted octanol–water partition coefficient (Wildman–Crippen LogP) is 4.80. The second kappa shape index (κ2) is 12.9. The Hall–Kier alpha value is -3.61. The molecule has 1 heterocycles. The number of likely N-dealkylation sites (tertiary alicyclic amines) is 1. The van der Waals surface area contributed by atoms with Crippen molar-refractivity contribution in [2.75, 3.05) is 33.3 Å². The first-order valence-electron chi connectivity index (χ1n) is 12.4. The molecule has 0 aliphatic carbocycles. The van der Waals surface area contributed by atoms with Gasteiger partial charge in [-0.15, -0.1) is 0 Å². The van der Waals surface area contributed by atoms with Gasteiger partial charge in [-0.1, -0.05) is 66.7 Å². The third-order valence-electron chi connectivity index (χ3n) is 6.43. The number of piperidine rings is 1. The van der Waals surface area contributed by atoms with Gasteiger partial charge in [-0.3, -0.25) is 4.79 Å². The smallest absolute Gasteiger partial charge is 0.244 e. The maximum absolute atomic E-state index is 12.2. The van der Waals surface area contributed by atoms with Gasteiger partial charge in [0.15, 0.2) is 11.5 Å².